The van der Waals surface area contributed by atoms with Gasteiger partial charge in [-0.1, -0.05) is 11.6 Å². The lowest BCUT2D eigenvalue weighted by Crippen LogP contribution is -2.13. The number of hydrogen-bond donors (Lipinski definition) is 2. The van der Waals surface area contributed by atoms with Crippen LogP contribution in [0.15, 0.2) is 18.3 Å². The quantitative estimate of drug-likeness (QED) is 0.857. The highest BCUT2D eigenvalue weighted by Crippen LogP contribution is 2.33. The van der Waals surface area contributed by atoms with Crippen LogP contribution in [-0.2, 0) is 11.2 Å². The van der Waals surface area contributed by atoms with E-state index in [0.29, 0.717) is 10.8 Å². The Morgan fingerprint density at radius 2 is 2.31 bits per heavy atom. The van der Waals surface area contributed by atoms with E-state index in [9.17, 15) is 4.79 Å². The molecule has 2 aromatic rings. The van der Waals surface area contributed by atoms with Crippen molar-refractivity contribution in [1.29, 1.82) is 0 Å². The maximum atomic E-state index is 10.9. The summed E-state index contributed by atoms with van der Waals surface area (Å²) < 4.78 is 5.23. The number of aromatic amines is 1. The Kier molecular flexibility index (Phi) is 2.75. The molecule has 4 nitrogen and oxygen atoms in total. The minimum absolute atomic E-state index is 0.163. The zero-order chi connectivity index (χ0) is 11.7. The number of carbonyl (C=O) groups is 1. The number of amides is 1. The largest absolute Gasteiger partial charge is 0.496 e. The first-order valence-electron chi connectivity index (χ1n) is 4.74. The van der Waals surface area contributed by atoms with Crippen LogP contribution >= 0.6 is 11.6 Å². The number of rotatable bonds is 3. The van der Waals surface area contributed by atoms with E-state index in [-0.39, 0.29) is 12.3 Å². The monoisotopic (exact) mass is 238 g/mol. The lowest BCUT2D eigenvalue weighted by Gasteiger charge is -2.04. The standard InChI is InChI=1S/C11H11ClN2O2/c1-16-8-3-2-7(12)11-10(8)6(5-14-11)4-9(13)15/h2-3,5,14H,4H2,1H3,(H2,13,15). The number of methoxy groups -OCH3 is 1. The van der Waals surface area contributed by atoms with Gasteiger partial charge in [-0.3, -0.25) is 4.79 Å². The molecule has 0 radical (unpaired) electrons. The number of ether oxygens (including phenoxy) is 1. The van der Waals surface area contributed by atoms with Gasteiger partial charge in [-0.2, -0.15) is 0 Å². The summed E-state index contributed by atoms with van der Waals surface area (Å²) in [7, 11) is 1.57. The van der Waals surface area contributed by atoms with Crippen LogP contribution in [0.5, 0.6) is 5.75 Å². The number of fused-ring (bicyclic) bond motifs is 1. The average molecular weight is 239 g/mol. The summed E-state index contributed by atoms with van der Waals surface area (Å²) in [5, 5.41) is 1.40. The van der Waals surface area contributed by atoms with Crippen molar-refractivity contribution in [1.82, 2.24) is 4.98 Å². The van der Waals surface area contributed by atoms with E-state index in [4.69, 9.17) is 22.1 Å². The maximum Gasteiger partial charge on any atom is 0.221 e. The molecule has 16 heavy (non-hydrogen) atoms. The maximum absolute atomic E-state index is 10.9. The second-order valence-electron chi connectivity index (χ2n) is 3.46. The van der Waals surface area contributed by atoms with Gasteiger partial charge in [0.15, 0.2) is 0 Å². The zero-order valence-electron chi connectivity index (χ0n) is 8.71. The van der Waals surface area contributed by atoms with Crippen molar-refractivity contribution in [3.05, 3.63) is 28.9 Å². The van der Waals surface area contributed by atoms with Gasteiger partial charge in [0.1, 0.15) is 5.75 Å². The Labute approximate surface area is 97.3 Å². The van der Waals surface area contributed by atoms with Gasteiger partial charge in [-0.15, -0.1) is 0 Å². The number of nitrogens with one attached hydrogen (secondary N) is 1. The fourth-order valence-electron chi connectivity index (χ4n) is 1.75. The summed E-state index contributed by atoms with van der Waals surface area (Å²) in [6.45, 7) is 0. The normalized spacial score (nSPS) is 10.6. The predicted molar refractivity (Wildman–Crippen MR) is 62.8 cm³/mol. The molecule has 0 unspecified atom stereocenters. The molecule has 0 aliphatic heterocycles. The van der Waals surface area contributed by atoms with Crippen LogP contribution in [0.3, 0.4) is 0 Å². The fourth-order valence-corrected chi connectivity index (χ4v) is 1.96. The Morgan fingerprint density at radius 1 is 1.56 bits per heavy atom. The number of benzene rings is 1. The van der Waals surface area contributed by atoms with Crippen molar-refractivity contribution in [2.75, 3.05) is 7.11 Å². The molecule has 0 atom stereocenters. The number of H-pyrrole nitrogens is 1. The van der Waals surface area contributed by atoms with Gasteiger partial charge in [0, 0.05) is 11.6 Å². The summed E-state index contributed by atoms with van der Waals surface area (Å²) in [5.41, 5.74) is 6.73. The highest BCUT2D eigenvalue weighted by Gasteiger charge is 2.13. The van der Waals surface area contributed by atoms with E-state index in [2.05, 4.69) is 4.98 Å². The lowest BCUT2D eigenvalue weighted by atomic mass is 10.1. The molecule has 0 aliphatic rings. The molecule has 1 aromatic carbocycles. The van der Waals surface area contributed by atoms with Crippen LogP contribution in [0.2, 0.25) is 5.02 Å². The first-order chi connectivity index (χ1) is 7.63. The molecule has 0 spiro atoms. The summed E-state index contributed by atoms with van der Waals surface area (Å²) in [6.07, 6.45) is 1.89. The summed E-state index contributed by atoms with van der Waals surface area (Å²) >= 11 is 6.03. The van der Waals surface area contributed by atoms with E-state index in [1.807, 2.05) is 0 Å². The highest BCUT2D eigenvalue weighted by molar-refractivity contribution is 6.35. The third-order valence-electron chi connectivity index (χ3n) is 2.41. The second kappa shape index (κ2) is 4.06. The average Bonchev–Trinajstić information content (AvgIpc) is 2.63. The minimum atomic E-state index is -0.386. The molecule has 2 rings (SSSR count). The lowest BCUT2D eigenvalue weighted by molar-refractivity contribution is -0.117. The van der Waals surface area contributed by atoms with Crippen molar-refractivity contribution in [3.63, 3.8) is 0 Å². The van der Waals surface area contributed by atoms with Crippen LogP contribution < -0.4 is 10.5 Å². The molecule has 1 heterocycles. The topological polar surface area (TPSA) is 68.1 Å². The van der Waals surface area contributed by atoms with Crippen molar-refractivity contribution in [2.24, 2.45) is 5.73 Å². The minimum Gasteiger partial charge on any atom is -0.496 e. The van der Waals surface area contributed by atoms with Gasteiger partial charge >= 0.3 is 0 Å². The molecule has 5 heteroatoms. The van der Waals surface area contributed by atoms with Crippen LogP contribution in [-0.4, -0.2) is 18.0 Å². The van der Waals surface area contributed by atoms with E-state index in [1.54, 1.807) is 25.4 Å². The molecule has 1 amide bonds. The highest BCUT2D eigenvalue weighted by atomic mass is 35.5. The first-order valence-corrected chi connectivity index (χ1v) is 5.12. The molecule has 84 valence electrons. The Hall–Kier alpha value is -1.68. The molecule has 0 aliphatic carbocycles. The van der Waals surface area contributed by atoms with E-state index >= 15 is 0 Å². The van der Waals surface area contributed by atoms with Gasteiger partial charge in [-0.25, -0.2) is 0 Å². The third kappa shape index (κ3) is 1.72. The molecular formula is C11H11ClN2O2. The van der Waals surface area contributed by atoms with Gasteiger partial charge in [-0.05, 0) is 17.7 Å². The van der Waals surface area contributed by atoms with E-state index in [0.717, 1.165) is 16.5 Å². The van der Waals surface area contributed by atoms with Crippen molar-refractivity contribution in [2.45, 2.75) is 6.42 Å². The zero-order valence-corrected chi connectivity index (χ0v) is 9.47. The number of halogens is 1. The third-order valence-corrected chi connectivity index (χ3v) is 2.73. The summed E-state index contributed by atoms with van der Waals surface area (Å²) in [4.78, 5) is 13.9. The van der Waals surface area contributed by atoms with Crippen LogP contribution in [0.1, 0.15) is 5.56 Å². The molecule has 0 saturated carbocycles. The van der Waals surface area contributed by atoms with Crippen molar-refractivity contribution in [3.8, 4) is 5.75 Å². The molecule has 0 fully saturated rings. The number of nitrogens with two attached hydrogens (primary N) is 1. The summed E-state index contributed by atoms with van der Waals surface area (Å²) in [5.74, 6) is 0.292. The molecule has 1 aromatic heterocycles. The molecule has 3 N–H and O–H groups in total. The van der Waals surface area contributed by atoms with Crippen LogP contribution in [0.25, 0.3) is 10.9 Å². The Morgan fingerprint density at radius 3 is 2.94 bits per heavy atom. The first kappa shape index (κ1) is 10.8. The SMILES string of the molecule is COc1ccc(Cl)c2[nH]cc(CC(N)=O)c12. The molecule has 0 saturated heterocycles. The smallest absolute Gasteiger partial charge is 0.221 e. The van der Waals surface area contributed by atoms with Gasteiger partial charge < -0.3 is 15.5 Å². The number of primary amides is 1. The predicted octanol–water partition coefficient (Wildman–Crippen LogP) is 1.86. The Balaban J connectivity index is 2.67. The van der Waals surface area contributed by atoms with Crippen LogP contribution in [0.4, 0.5) is 0 Å². The molecule has 0 bridgehead atoms. The van der Waals surface area contributed by atoms with Gasteiger partial charge in [0.25, 0.3) is 0 Å². The van der Waals surface area contributed by atoms with Gasteiger partial charge in [0.2, 0.25) is 5.91 Å². The van der Waals surface area contributed by atoms with Crippen molar-refractivity contribution >= 4 is 28.4 Å². The Bertz CT molecular complexity index is 548. The molecular weight excluding hydrogens is 228 g/mol. The summed E-state index contributed by atoms with van der Waals surface area (Å²) in [6, 6.07) is 3.51. The second-order valence-corrected chi connectivity index (χ2v) is 3.86. The van der Waals surface area contributed by atoms with E-state index < -0.39 is 0 Å². The number of carbonyl (C=O) groups excluding carboxylic acids is 1. The van der Waals surface area contributed by atoms with Crippen molar-refractivity contribution < 1.29 is 9.53 Å². The number of aromatic nitrogens is 1. The fraction of sp³-hybridized carbons (Fsp3) is 0.182. The van der Waals surface area contributed by atoms with E-state index in [1.165, 1.54) is 0 Å². The number of hydrogen-bond acceptors (Lipinski definition) is 2. The van der Waals surface area contributed by atoms with Crippen LogP contribution in [0, 0.1) is 0 Å². The van der Waals surface area contributed by atoms with Gasteiger partial charge in [0.05, 0.1) is 24.1 Å².